The van der Waals surface area contributed by atoms with E-state index in [1.54, 1.807) is 42.6 Å². The number of hydrogen-bond acceptors (Lipinski definition) is 5. The Balaban J connectivity index is 1.79. The lowest BCUT2D eigenvalue weighted by atomic mass is 10.1. The molecule has 0 aliphatic heterocycles. The minimum atomic E-state index is -0.457. The van der Waals surface area contributed by atoms with E-state index in [9.17, 15) is 9.59 Å². The molecule has 2 aromatic carbocycles. The highest BCUT2D eigenvalue weighted by Gasteiger charge is 2.11. The van der Waals surface area contributed by atoms with Crippen LogP contribution >= 0.6 is 0 Å². The van der Waals surface area contributed by atoms with Crippen LogP contribution in [0.3, 0.4) is 0 Å². The molecule has 6 heteroatoms. The van der Waals surface area contributed by atoms with Gasteiger partial charge in [-0.25, -0.2) is 9.78 Å². The smallest absolute Gasteiger partial charge is 0.337 e. The molecule has 0 saturated heterocycles. The SMILES string of the molecule is CCc1cccc(C)c1Nc1cc(C(=O)Nc2cccc(C(=O)OC)c2)ccn1. The van der Waals surface area contributed by atoms with Crippen molar-refractivity contribution < 1.29 is 14.3 Å². The summed E-state index contributed by atoms with van der Waals surface area (Å²) in [7, 11) is 1.32. The number of benzene rings is 2. The molecule has 148 valence electrons. The van der Waals surface area contributed by atoms with Crippen molar-refractivity contribution >= 4 is 29.1 Å². The van der Waals surface area contributed by atoms with E-state index in [4.69, 9.17) is 4.74 Å². The number of para-hydroxylation sites is 1. The molecule has 29 heavy (non-hydrogen) atoms. The molecule has 0 unspecified atom stereocenters. The Morgan fingerprint density at radius 1 is 1.03 bits per heavy atom. The molecule has 0 fully saturated rings. The van der Waals surface area contributed by atoms with Gasteiger partial charge in [0, 0.05) is 23.1 Å². The van der Waals surface area contributed by atoms with Crippen LogP contribution in [-0.4, -0.2) is 24.0 Å². The average Bonchev–Trinajstić information content (AvgIpc) is 2.75. The summed E-state index contributed by atoms with van der Waals surface area (Å²) >= 11 is 0. The first-order valence-electron chi connectivity index (χ1n) is 9.33. The maximum Gasteiger partial charge on any atom is 0.337 e. The van der Waals surface area contributed by atoms with Gasteiger partial charge < -0.3 is 15.4 Å². The van der Waals surface area contributed by atoms with Crippen LogP contribution in [0.25, 0.3) is 0 Å². The fourth-order valence-corrected chi connectivity index (χ4v) is 3.02. The Hall–Kier alpha value is -3.67. The first kappa shape index (κ1) is 20.1. The highest BCUT2D eigenvalue weighted by molar-refractivity contribution is 6.05. The van der Waals surface area contributed by atoms with Gasteiger partial charge in [0.25, 0.3) is 5.91 Å². The molecule has 0 aliphatic carbocycles. The predicted octanol–water partition coefficient (Wildman–Crippen LogP) is 4.73. The maximum atomic E-state index is 12.7. The van der Waals surface area contributed by atoms with Gasteiger partial charge in [0.05, 0.1) is 12.7 Å². The number of nitrogens with one attached hydrogen (secondary N) is 2. The monoisotopic (exact) mass is 389 g/mol. The van der Waals surface area contributed by atoms with Crippen molar-refractivity contribution in [2.75, 3.05) is 17.7 Å². The normalized spacial score (nSPS) is 10.3. The number of nitrogens with zero attached hydrogens (tertiary/aromatic N) is 1. The average molecular weight is 389 g/mol. The predicted molar refractivity (Wildman–Crippen MR) is 114 cm³/mol. The van der Waals surface area contributed by atoms with Crippen LogP contribution in [0.5, 0.6) is 0 Å². The summed E-state index contributed by atoms with van der Waals surface area (Å²) in [6.07, 6.45) is 2.48. The van der Waals surface area contributed by atoms with Gasteiger partial charge >= 0.3 is 5.97 Å². The number of methoxy groups -OCH3 is 1. The van der Waals surface area contributed by atoms with Crippen molar-refractivity contribution in [3.8, 4) is 0 Å². The molecule has 1 heterocycles. The highest BCUT2D eigenvalue weighted by Crippen LogP contribution is 2.25. The summed E-state index contributed by atoms with van der Waals surface area (Å²) in [5, 5.41) is 6.13. The number of rotatable bonds is 6. The number of aromatic nitrogens is 1. The van der Waals surface area contributed by atoms with Crippen LogP contribution in [0, 0.1) is 6.92 Å². The third-order valence-electron chi connectivity index (χ3n) is 4.56. The number of carbonyl (C=O) groups is 2. The lowest BCUT2D eigenvalue weighted by molar-refractivity contribution is 0.0600. The molecule has 2 N–H and O–H groups in total. The zero-order valence-electron chi connectivity index (χ0n) is 16.7. The molecule has 0 aliphatic rings. The van der Waals surface area contributed by atoms with Crippen LogP contribution in [-0.2, 0) is 11.2 Å². The summed E-state index contributed by atoms with van der Waals surface area (Å²) < 4.78 is 4.71. The van der Waals surface area contributed by atoms with E-state index >= 15 is 0 Å². The number of aryl methyl sites for hydroxylation is 2. The second-order valence-corrected chi connectivity index (χ2v) is 6.54. The van der Waals surface area contributed by atoms with Crippen LogP contribution in [0.2, 0.25) is 0 Å². The fourth-order valence-electron chi connectivity index (χ4n) is 3.02. The molecular weight excluding hydrogens is 366 g/mol. The van der Waals surface area contributed by atoms with Crippen LogP contribution < -0.4 is 10.6 Å². The second-order valence-electron chi connectivity index (χ2n) is 6.54. The number of esters is 1. The summed E-state index contributed by atoms with van der Waals surface area (Å²) in [5.74, 6) is -0.163. The Morgan fingerprint density at radius 2 is 1.83 bits per heavy atom. The van der Waals surface area contributed by atoms with E-state index in [0.29, 0.717) is 22.6 Å². The molecule has 6 nitrogen and oxygen atoms in total. The van der Waals surface area contributed by atoms with Crippen molar-refractivity contribution in [3.05, 3.63) is 83.0 Å². The number of amides is 1. The van der Waals surface area contributed by atoms with Gasteiger partial charge in [0.15, 0.2) is 0 Å². The third-order valence-corrected chi connectivity index (χ3v) is 4.56. The van der Waals surface area contributed by atoms with Gasteiger partial charge in [-0.05, 0) is 54.8 Å². The van der Waals surface area contributed by atoms with Crippen LogP contribution in [0.4, 0.5) is 17.2 Å². The van der Waals surface area contributed by atoms with Crippen molar-refractivity contribution in [3.63, 3.8) is 0 Å². The molecule has 0 bridgehead atoms. The highest BCUT2D eigenvalue weighted by atomic mass is 16.5. The van der Waals surface area contributed by atoms with Crippen molar-refractivity contribution in [2.24, 2.45) is 0 Å². The molecular formula is C23H23N3O3. The largest absolute Gasteiger partial charge is 0.465 e. The molecule has 1 aromatic heterocycles. The fraction of sp³-hybridized carbons (Fsp3) is 0.174. The van der Waals surface area contributed by atoms with E-state index in [0.717, 1.165) is 17.7 Å². The van der Waals surface area contributed by atoms with Crippen LogP contribution in [0.1, 0.15) is 38.8 Å². The standard InChI is InChI=1S/C23H23N3O3/c1-4-16-8-5-7-15(2)21(16)26-20-14-17(11-12-24-20)22(27)25-19-10-6-9-18(13-19)23(28)29-3/h5-14H,4H2,1-3H3,(H,24,26)(H,25,27). The molecule has 0 saturated carbocycles. The maximum absolute atomic E-state index is 12.7. The summed E-state index contributed by atoms with van der Waals surface area (Å²) in [5.41, 5.74) is 4.63. The van der Waals surface area contributed by atoms with Gasteiger partial charge in [-0.1, -0.05) is 31.2 Å². The Labute approximate surface area is 169 Å². The third kappa shape index (κ3) is 4.79. The summed E-state index contributed by atoms with van der Waals surface area (Å²) in [6, 6.07) is 16.1. The number of pyridine rings is 1. The number of carbonyl (C=O) groups excluding carboxylic acids is 2. The Morgan fingerprint density at radius 3 is 2.59 bits per heavy atom. The van der Waals surface area contributed by atoms with Gasteiger partial charge in [-0.3, -0.25) is 4.79 Å². The molecule has 0 spiro atoms. The first-order chi connectivity index (χ1) is 14.0. The van der Waals surface area contributed by atoms with Crippen molar-refractivity contribution in [1.29, 1.82) is 0 Å². The Kier molecular flexibility index (Phi) is 6.24. The lowest BCUT2D eigenvalue weighted by Crippen LogP contribution is -2.13. The number of ether oxygens (including phenoxy) is 1. The van der Waals surface area contributed by atoms with E-state index in [1.807, 2.05) is 19.1 Å². The van der Waals surface area contributed by atoms with Gasteiger partial charge in [-0.2, -0.15) is 0 Å². The van der Waals surface area contributed by atoms with Crippen LogP contribution in [0.15, 0.2) is 60.8 Å². The molecule has 1 amide bonds. The lowest BCUT2D eigenvalue weighted by Gasteiger charge is -2.14. The quantitative estimate of drug-likeness (QED) is 0.596. The van der Waals surface area contributed by atoms with Gasteiger partial charge in [0.1, 0.15) is 5.82 Å². The molecule has 0 atom stereocenters. The summed E-state index contributed by atoms with van der Waals surface area (Å²) in [4.78, 5) is 28.7. The van der Waals surface area contributed by atoms with Gasteiger partial charge in [0.2, 0.25) is 0 Å². The second kappa shape index (κ2) is 9.01. The van der Waals surface area contributed by atoms with E-state index < -0.39 is 5.97 Å². The Bertz CT molecular complexity index is 1050. The van der Waals surface area contributed by atoms with Gasteiger partial charge in [-0.15, -0.1) is 0 Å². The van der Waals surface area contributed by atoms with E-state index in [-0.39, 0.29) is 5.91 Å². The molecule has 3 aromatic rings. The number of anilines is 3. The van der Waals surface area contributed by atoms with Crippen molar-refractivity contribution in [1.82, 2.24) is 4.98 Å². The van der Waals surface area contributed by atoms with E-state index in [2.05, 4.69) is 28.6 Å². The zero-order chi connectivity index (χ0) is 20.8. The minimum Gasteiger partial charge on any atom is -0.465 e. The molecule has 0 radical (unpaired) electrons. The summed E-state index contributed by atoms with van der Waals surface area (Å²) in [6.45, 7) is 4.13. The minimum absolute atomic E-state index is 0.294. The first-order valence-corrected chi connectivity index (χ1v) is 9.33. The van der Waals surface area contributed by atoms with Crippen molar-refractivity contribution in [2.45, 2.75) is 20.3 Å². The topological polar surface area (TPSA) is 80.3 Å². The molecule has 3 rings (SSSR count). The van der Waals surface area contributed by atoms with E-state index in [1.165, 1.54) is 12.7 Å². The zero-order valence-corrected chi connectivity index (χ0v) is 16.7. The number of hydrogen-bond donors (Lipinski definition) is 2.